The largest absolute Gasteiger partial charge is 0.505 e. The Bertz CT molecular complexity index is 1930. The molecule has 0 radical (unpaired) electrons. The lowest BCUT2D eigenvalue weighted by atomic mass is 10.1. The molecule has 230 valence electrons. The SMILES string of the molecule is CCOc1cc(N=Nc2c(S(=O)(=O)ON)cc3ccc(N)cc3c2O)c(OCC)cc1N=Nc1cccc(NOP(=O)=O)c1. The number of nitrogen functional groups attached to an aromatic ring is 1. The van der Waals surface area contributed by atoms with Crippen LogP contribution in [0.25, 0.3) is 10.8 Å². The van der Waals surface area contributed by atoms with E-state index in [4.69, 9.17) is 21.1 Å². The van der Waals surface area contributed by atoms with Gasteiger partial charge in [-0.05, 0) is 55.6 Å². The summed E-state index contributed by atoms with van der Waals surface area (Å²) in [6, 6.07) is 15.0. The number of azo groups is 2. The number of rotatable bonds is 13. The van der Waals surface area contributed by atoms with Gasteiger partial charge in [0.1, 0.15) is 33.5 Å². The zero-order valence-electron chi connectivity index (χ0n) is 23.2. The third-order valence-electron chi connectivity index (χ3n) is 5.73. The maximum atomic E-state index is 12.6. The first-order valence-electron chi connectivity index (χ1n) is 12.7. The van der Waals surface area contributed by atoms with Crippen molar-refractivity contribution in [3.8, 4) is 17.2 Å². The van der Waals surface area contributed by atoms with E-state index in [0.717, 1.165) is 0 Å². The van der Waals surface area contributed by atoms with E-state index in [2.05, 4.69) is 34.8 Å². The minimum atomic E-state index is -4.54. The van der Waals surface area contributed by atoms with Gasteiger partial charge in [-0.3, -0.25) is 5.48 Å². The molecule has 0 bridgehead atoms. The molecule has 0 aliphatic carbocycles. The Balaban J connectivity index is 1.79. The summed E-state index contributed by atoms with van der Waals surface area (Å²) in [5.74, 6) is 4.91. The van der Waals surface area contributed by atoms with Gasteiger partial charge in [0.25, 0.3) is 0 Å². The second-order valence-corrected chi connectivity index (χ2v) is 10.8. The van der Waals surface area contributed by atoms with Crippen LogP contribution >= 0.6 is 7.91 Å². The fraction of sp³-hybridized carbons (Fsp3) is 0.154. The van der Waals surface area contributed by atoms with E-state index in [1.807, 2.05) is 0 Å². The van der Waals surface area contributed by atoms with Crippen molar-refractivity contribution in [3.63, 3.8) is 0 Å². The molecular formula is C26H26N7O9PS. The fourth-order valence-electron chi connectivity index (χ4n) is 3.87. The van der Waals surface area contributed by atoms with E-state index < -0.39 is 34.4 Å². The lowest BCUT2D eigenvalue weighted by molar-refractivity contribution is 0.332. The molecule has 0 saturated carbocycles. The molecule has 0 unspecified atom stereocenters. The minimum Gasteiger partial charge on any atom is -0.505 e. The number of phenols is 1. The van der Waals surface area contributed by atoms with E-state index in [-0.39, 0.29) is 41.5 Å². The van der Waals surface area contributed by atoms with Crippen LogP contribution in [-0.4, -0.2) is 26.7 Å². The van der Waals surface area contributed by atoms with Gasteiger partial charge in [-0.2, -0.15) is 28.3 Å². The Labute approximate surface area is 251 Å². The van der Waals surface area contributed by atoms with Crippen LogP contribution in [0.4, 0.5) is 34.1 Å². The number of hydrogen-bond acceptors (Lipinski definition) is 16. The first-order chi connectivity index (χ1) is 21.1. The number of phenolic OH excluding ortho intramolecular Hbond substituents is 1. The van der Waals surface area contributed by atoms with Crippen molar-refractivity contribution in [2.45, 2.75) is 18.7 Å². The third-order valence-corrected chi connectivity index (χ3v) is 7.07. The lowest BCUT2D eigenvalue weighted by Gasteiger charge is -2.13. The van der Waals surface area contributed by atoms with Crippen molar-refractivity contribution in [1.29, 1.82) is 0 Å². The van der Waals surface area contributed by atoms with Crippen LogP contribution in [-0.2, 0) is 28.2 Å². The topological polar surface area (TPSA) is 239 Å². The molecule has 0 saturated heterocycles. The first kappa shape index (κ1) is 32.0. The van der Waals surface area contributed by atoms with Crippen LogP contribution in [0.5, 0.6) is 17.2 Å². The molecule has 0 aliphatic rings. The highest BCUT2D eigenvalue weighted by atomic mass is 32.2. The summed E-state index contributed by atoms with van der Waals surface area (Å²) in [7, 11) is -7.65. The van der Waals surface area contributed by atoms with Crippen LogP contribution in [0.2, 0.25) is 0 Å². The van der Waals surface area contributed by atoms with Crippen molar-refractivity contribution >= 4 is 62.9 Å². The van der Waals surface area contributed by atoms with Gasteiger partial charge in [0.2, 0.25) is 0 Å². The van der Waals surface area contributed by atoms with E-state index in [0.29, 0.717) is 22.4 Å². The van der Waals surface area contributed by atoms with E-state index in [1.165, 1.54) is 42.5 Å². The maximum absolute atomic E-state index is 12.6. The number of hydrogen-bond donors (Lipinski definition) is 4. The molecule has 6 N–H and O–H groups in total. The molecule has 0 aromatic heterocycles. The predicted molar refractivity (Wildman–Crippen MR) is 159 cm³/mol. The van der Waals surface area contributed by atoms with Gasteiger partial charge in [-0.15, -0.1) is 15.3 Å². The summed E-state index contributed by atoms with van der Waals surface area (Å²) in [5.41, 5.74) is 9.02. The summed E-state index contributed by atoms with van der Waals surface area (Å²) in [5, 5.41) is 28.2. The van der Waals surface area contributed by atoms with Crippen molar-refractivity contribution in [2.24, 2.45) is 26.4 Å². The third kappa shape index (κ3) is 7.52. The van der Waals surface area contributed by atoms with Gasteiger partial charge >= 0.3 is 18.0 Å². The molecule has 4 rings (SSSR count). The van der Waals surface area contributed by atoms with E-state index in [9.17, 15) is 22.7 Å². The summed E-state index contributed by atoms with van der Waals surface area (Å²) in [6.45, 7) is 3.93. The molecule has 4 aromatic rings. The minimum absolute atomic E-state index is 0.105. The van der Waals surface area contributed by atoms with Gasteiger partial charge in [0, 0.05) is 23.2 Å². The number of benzene rings is 4. The lowest BCUT2D eigenvalue weighted by Crippen LogP contribution is -2.11. The number of nitrogens with one attached hydrogen (secondary N) is 1. The number of ether oxygens (including phenoxy) is 2. The number of aromatic hydroxyl groups is 1. The predicted octanol–water partition coefficient (Wildman–Crippen LogP) is 6.77. The summed E-state index contributed by atoms with van der Waals surface area (Å²) in [6.07, 6.45) is 0. The van der Waals surface area contributed by atoms with Crippen molar-refractivity contribution in [1.82, 2.24) is 0 Å². The van der Waals surface area contributed by atoms with Crippen molar-refractivity contribution in [3.05, 3.63) is 60.7 Å². The number of nitrogens with zero attached hydrogens (tertiary/aromatic N) is 4. The van der Waals surface area contributed by atoms with Crippen molar-refractivity contribution in [2.75, 3.05) is 24.4 Å². The molecule has 4 aromatic carbocycles. The molecule has 16 nitrogen and oxygen atoms in total. The van der Waals surface area contributed by atoms with Crippen LogP contribution in [0.15, 0.2) is 86.0 Å². The first-order valence-corrected chi connectivity index (χ1v) is 15.2. The molecule has 18 heteroatoms. The highest BCUT2D eigenvalue weighted by Crippen LogP contribution is 2.45. The summed E-state index contributed by atoms with van der Waals surface area (Å²) >= 11 is 0. The smallest absolute Gasteiger partial charge is 0.490 e. The summed E-state index contributed by atoms with van der Waals surface area (Å²) in [4.78, 5) is -0.531. The Kier molecular flexibility index (Phi) is 10.2. The molecule has 0 fully saturated rings. The Morgan fingerprint density at radius 2 is 1.55 bits per heavy atom. The van der Waals surface area contributed by atoms with Gasteiger partial charge in [0.15, 0.2) is 5.75 Å². The van der Waals surface area contributed by atoms with Crippen molar-refractivity contribution < 1.29 is 41.0 Å². The second kappa shape index (κ2) is 14.0. The van der Waals surface area contributed by atoms with Crippen LogP contribution in [0, 0.1) is 0 Å². The average molecular weight is 644 g/mol. The monoisotopic (exact) mass is 643 g/mol. The molecule has 0 heterocycles. The Morgan fingerprint density at radius 3 is 2.16 bits per heavy atom. The fourth-order valence-corrected chi connectivity index (χ4v) is 4.80. The molecule has 0 atom stereocenters. The van der Waals surface area contributed by atoms with E-state index in [1.54, 1.807) is 32.0 Å². The number of nitrogens with two attached hydrogens (primary N) is 2. The van der Waals surface area contributed by atoms with Crippen LogP contribution in [0.3, 0.4) is 0 Å². The maximum Gasteiger partial charge on any atom is 0.490 e. The van der Waals surface area contributed by atoms with Gasteiger partial charge in [-0.25, -0.2) is 9.13 Å². The van der Waals surface area contributed by atoms with Gasteiger partial charge in [-0.1, -0.05) is 12.1 Å². The number of anilines is 2. The Morgan fingerprint density at radius 1 is 0.886 bits per heavy atom. The highest BCUT2D eigenvalue weighted by Gasteiger charge is 2.25. The van der Waals surface area contributed by atoms with Gasteiger partial charge < -0.3 is 20.3 Å². The number of fused-ring (bicyclic) bond motifs is 1. The highest BCUT2D eigenvalue weighted by molar-refractivity contribution is 7.86. The Hall–Kier alpha value is -4.93. The second-order valence-electron chi connectivity index (χ2n) is 8.62. The standard InChI is InChI=1S/C26H26N7O9PS/c1-3-39-22-14-21(23(40-4-2)13-20(22)30-29-17-6-5-7-18(12-17)33-42-43(35)36)31-32-25-24(44(37,38)41-28)10-15-8-9-16(27)11-19(15)26(25)34/h5-14,33-34H,3-4,27-28H2,1-2H3. The van der Waals surface area contributed by atoms with Crippen LogP contribution in [0.1, 0.15) is 13.8 Å². The summed E-state index contributed by atoms with van der Waals surface area (Å²) < 4.78 is 66.7. The zero-order valence-corrected chi connectivity index (χ0v) is 24.9. The molecule has 44 heavy (non-hydrogen) atoms. The quantitative estimate of drug-likeness (QED) is 0.0511. The van der Waals surface area contributed by atoms with Crippen LogP contribution < -0.4 is 26.6 Å². The molecule has 0 aliphatic heterocycles. The molecule has 0 amide bonds. The molecular weight excluding hydrogens is 617 g/mol. The van der Waals surface area contributed by atoms with E-state index >= 15 is 0 Å². The van der Waals surface area contributed by atoms with Gasteiger partial charge in [0.05, 0.1) is 24.6 Å². The zero-order chi connectivity index (χ0) is 31.9. The molecule has 0 spiro atoms. The average Bonchev–Trinajstić information content (AvgIpc) is 3.00. The normalized spacial score (nSPS) is 11.8.